The summed E-state index contributed by atoms with van der Waals surface area (Å²) in [5.41, 5.74) is 0.395. The van der Waals surface area contributed by atoms with E-state index in [2.05, 4.69) is 9.97 Å². The van der Waals surface area contributed by atoms with Crippen molar-refractivity contribution in [2.75, 3.05) is 13.1 Å². The maximum atomic E-state index is 12.5. The molecular weight excluding hydrogens is 322 g/mol. The molecule has 0 radical (unpaired) electrons. The molecule has 7 heteroatoms. The van der Waals surface area contributed by atoms with Gasteiger partial charge in [-0.25, -0.2) is 9.97 Å². The van der Waals surface area contributed by atoms with Crippen LogP contribution in [0.15, 0.2) is 30.5 Å². The van der Waals surface area contributed by atoms with E-state index >= 15 is 0 Å². The predicted molar refractivity (Wildman–Crippen MR) is 91.0 cm³/mol. The van der Waals surface area contributed by atoms with Gasteiger partial charge in [-0.15, -0.1) is 0 Å². The normalized spacial score (nSPS) is 17.6. The fourth-order valence-electron chi connectivity index (χ4n) is 2.96. The second kappa shape index (κ2) is 6.66. The molecule has 2 aromatic rings. The van der Waals surface area contributed by atoms with Gasteiger partial charge in [0.25, 0.3) is 5.91 Å². The van der Waals surface area contributed by atoms with Crippen LogP contribution in [0.4, 0.5) is 0 Å². The van der Waals surface area contributed by atoms with Crippen molar-refractivity contribution >= 4 is 22.9 Å². The quantitative estimate of drug-likeness (QED) is 0.789. The summed E-state index contributed by atoms with van der Waals surface area (Å²) in [6, 6.07) is 7.57. The number of esters is 1. The third-order valence-electron chi connectivity index (χ3n) is 4.06. The molecule has 1 atom stereocenters. The summed E-state index contributed by atoms with van der Waals surface area (Å²) in [6.07, 6.45) is 2.12. The maximum absolute atomic E-state index is 12.5. The van der Waals surface area contributed by atoms with Crippen LogP contribution < -0.4 is 4.74 Å². The number of amides is 1. The lowest BCUT2D eigenvalue weighted by Crippen LogP contribution is -2.47. The topological polar surface area (TPSA) is 81.6 Å². The SMILES string of the molecule is CC(=O)OC(C)(C)C(=O)N1CCC(Oc2cnc3ccccc3n2)C1. The number of hydrogen-bond donors (Lipinski definition) is 0. The van der Waals surface area contributed by atoms with Crippen LogP contribution in [0.3, 0.4) is 0 Å². The number of aromatic nitrogens is 2. The molecule has 1 aliphatic rings. The highest BCUT2D eigenvalue weighted by Gasteiger charge is 2.39. The zero-order valence-corrected chi connectivity index (χ0v) is 14.6. The highest BCUT2D eigenvalue weighted by atomic mass is 16.6. The van der Waals surface area contributed by atoms with Crippen molar-refractivity contribution in [3.63, 3.8) is 0 Å². The molecule has 0 bridgehead atoms. The van der Waals surface area contributed by atoms with E-state index < -0.39 is 11.6 Å². The van der Waals surface area contributed by atoms with Gasteiger partial charge in [0.2, 0.25) is 5.88 Å². The highest BCUT2D eigenvalue weighted by Crippen LogP contribution is 2.22. The summed E-state index contributed by atoms with van der Waals surface area (Å²) in [6.45, 7) is 5.47. The Labute approximate surface area is 146 Å². The summed E-state index contributed by atoms with van der Waals surface area (Å²) in [5.74, 6) is -0.257. The van der Waals surface area contributed by atoms with Crippen LogP contribution >= 0.6 is 0 Å². The Kier molecular flexibility index (Phi) is 4.57. The van der Waals surface area contributed by atoms with Crippen LogP contribution in [0.2, 0.25) is 0 Å². The number of carbonyl (C=O) groups is 2. The summed E-state index contributed by atoms with van der Waals surface area (Å²) >= 11 is 0. The molecule has 1 aromatic heterocycles. The molecule has 0 N–H and O–H groups in total. The molecular formula is C18H21N3O4. The monoisotopic (exact) mass is 343 g/mol. The van der Waals surface area contributed by atoms with Gasteiger partial charge in [0.15, 0.2) is 5.60 Å². The second-order valence-electron chi connectivity index (χ2n) is 6.58. The fourth-order valence-corrected chi connectivity index (χ4v) is 2.96. The van der Waals surface area contributed by atoms with Crippen molar-refractivity contribution in [2.24, 2.45) is 0 Å². The first-order chi connectivity index (χ1) is 11.8. The zero-order chi connectivity index (χ0) is 18.0. The summed E-state index contributed by atoms with van der Waals surface area (Å²) < 4.78 is 11.0. The molecule has 25 heavy (non-hydrogen) atoms. The number of rotatable bonds is 4. The second-order valence-corrected chi connectivity index (χ2v) is 6.58. The van der Waals surface area contributed by atoms with Crippen LogP contribution in [0.1, 0.15) is 27.2 Å². The van der Waals surface area contributed by atoms with Gasteiger partial charge >= 0.3 is 5.97 Å². The standard InChI is InChI=1S/C18H21N3O4/c1-12(22)25-18(2,3)17(23)21-9-8-13(11-21)24-16-10-19-14-6-4-5-7-15(14)20-16/h4-7,10,13H,8-9,11H2,1-3H3. The van der Waals surface area contributed by atoms with Crippen molar-refractivity contribution in [1.82, 2.24) is 14.9 Å². The number of para-hydroxylation sites is 2. The molecule has 1 saturated heterocycles. The summed E-state index contributed by atoms with van der Waals surface area (Å²) in [4.78, 5) is 34.1. The smallest absolute Gasteiger partial charge is 0.303 e. The molecule has 0 saturated carbocycles. The van der Waals surface area contributed by atoms with E-state index in [1.165, 1.54) is 6.92 Å². The Morgan fingerprint density at radius 1 is 1.24 bits per heavy atom. The van der Waals surface area contributed by atoms with Crippen LogP contribution in [0, 0.1) is 0 Å². The lowest BCUT2D eigenvalue weighted by atomic mass is 10.1. The van der Waals surface area contributed by atoms with Crippen LogP contribution in [-0.4, -0.2) is 51.5 Å². The number of fused-ring (bicyclic) bond motifs is 1. The minimum atomic E-state index is -1.18. The summed E-state index contributed by atoms with van der Waals surface area (Å²) in [7, 11) is 0. The average molecular weight is 343 g/mol. The van der Waals surface area contributed by atoms with Crippen molar-refractivity contribution in [3.05, 3.63) is 30.5 Å². The number of carbonyl (C=O) groups excluding carboxylic acids is 2. The summed E-state index contributed by atoms with van der Waals surface area (Å²) in [5, 5.41) is 0. The van der Waals surface area contributed by atoms with Crippen LogP contribution in [0.25, 0.3) is 11.0 Å². The van der Waals surface area contributed by atoms with Crippen molar-refractivity contribution in [1.29, 1.82) is 0 Å². The first-order valence-corrected chi connectivity index (χ1v) is 8.22. The molecule has 7 nitrogen and oxygen atoms in total. The van der Waals surface area contributed by atoms with Gasteiger partial charge in [-0.3, -0.25) is 9.59 Å². The lowest BCUT2D eigenvalue weighted by molar-refractivity contribution is -0.168. The number of benzene rings is 1. The van der Waals surface area contributed by atoms with E-state index in [4.69, 9.17) is 9.47 Å². The van der Waals surface area contributed by atoms with Gasteiger partial charge in [-0.05, 0) is 26.0 Å². The van der Waals surface area contributed by atoms with E-state index in [0.717, 1.165) is 11.0 Å². The third kappa shape index (κ3) is 3.87. The lowest BCUT2D eigenvalue weighted by Gasteiger charge is -2.28. The van der Waals surface area contributed by atoms with Crippen molar-refractivity contribution in [3.8, 4) is 5.88 Å². The van der Waals surface area contributed by atoms with E-state index in [0.29, 0.717) is 25.4 Å². The Bertz CT molecular complexity index is 806. The van der Waals surface area contributed by atoms with Gasteiger partial charge in [0, 0.05) is 19.9 Å². The largest absolute Gasteiger partial charge is 0.471 e. The van der Waals surface area contributed by atoms with Crippen molar-refractivity contribution in [2.45, 2.75) is 38.9 Å². The number of likely N-dealkylation sites (tertiary alicyclic amines) is 1. The van der Waals surface area contributed by atoms with Crippen LogP contribution in [-0.2, 0) is 14.3 Å². The van der Waals surface area contributed by atoms with Gasteiger partial charge in [0.1, 0.15) is 6.10 Å². The molecule has 1 aliphatic heterocycles. The van der Waals surface area contributed by atoms with Gasteiger partial charge in [-0.2, -0.15) is 0 Å². The van der Waals surface area contributed by atoms with E-state index in [1.54, 1.807) is 24.9 Å². The molecule has 3 rings (SSSR count). The molecule has 1 fully saturated rings. The maximum Gasteiger partial charge on any atom is 0.303 e. The molecule has 1 aromatic carbocycles. The van der Waals surface area contributed by atoms with Gasteiger partial charge in [-0.1, -0.05) is 12.1 Å². The highest BCUT2D eigenvalue weighted by molar-refractivity contribution is 5.87. The molecule has 0 spiro atoms. The zero-order valence-electron chi connectivity index (χ0n) is 14.6. The predicted octanol–water partition coefficient (Wildman–Crippen LogP) is 1.95. The Balaban J connectivity index is 1.64. The molecule has 1 unspecified atom stereocenters. The Hall–Kier alpha value is -2.70. The fraction of sp³-hybridized carbons (Fsp3) is 0.444. The van der Waals surface area contributed by atoms with Gasteiger partial charge in [0.05, 0.1) is 23.8 Å². The molecule has 2 heterocycles. The van der Waals surface area contributed by atoms with E-state index in [-0.39, 0.29) is 12.0 Å². The average Bonchev–Trinajstić information content (AvgIpc) is 3.01. The number of nitrogens with zero attached hydrogens (tertiary/aromatic N) is 3. The Morgan fingerprint density at radius 2 is 1.96 bits per heavy atom. The Morgan fingerprint density at radius 3 is 2.68 bits per heavy atom. The number of ether oxygens (including phenoxy) is 2. The third-order valence-corrected chi connectivity index (χ3v) is 4.06. The van der Waals surface area contributed by atoms with Crippen molar-refractivity contribution < 1.29 is 19.1 Å². The molecule has 0 aliphatic carbocycles. The van der Waals surface area contributed by atoms with E-state index in [1.807, 2.05) is 24.3 Å². The minimum absolute atomic E-state index is 0.160. The number of hydrogen-bond acceptors (Lipinski definition) is 6. The molecule has 1 amide bonds. The van der Waals surface area contributed by atoms with Gasteiger partial charge < -0.3 is 14.4 Å². The van der Waals surface area contributed by atoms with E-state index in [9.17, 15) is 9.59 Å². The first-order valence-electron chi connectivity index (χ1n) is 8.22. The first kappa shape index (κ1) is 17.1. The van der Waals surface area contributed by atoms with Crippen LogP contribution in [0.5, 0.6) is 5.88 Å². The minimum Gasteiger partial charge on any atom is -0.471 e. The molecule has 132 valence electrons.